The summed E-state index contributed by atoms with van der Waals surface area (Å²) in [6.45, 7) is 0.162. The number of nitrogens with zero attached hydrogens (tertiary/aromatic N) is 2. The number of alkyl halides is 3. The highest BCUT2D eigenvalue weighted by atomic mass is 19.4. The monoisotopic (exact) mass is 433 g/mol. The first-order valence-corrected chi connectivity index (χ1v) is 10.0. The van der Waals surface area contributed by atoms with Crippen LogP contribution in [0, 0.1) is 5.41 Å². The average Bonchev–Trinajstić information content (AvgIpc) is 3.18. The lowest BCUT2D eigenvalue weighted by Gasteiger charge is -2.30. The zero-order valence-corrected chi connectivity index (χ0v) is 17.6. The highest BCUT2D eigenvalue weighted by molar-refractivity contribution is 5.93. The van der Waals surface area contributed by atoms with E-state index < -0.39 is 17.5 Å². The molecule has 1 aliphatic heterocycles. The number of rotatable bonds is 6. The minimum atomic E-state index is -4.65. The second-order valence-corrected chi connectivity index (χ2v) is 8.11. The Morgan fingerprint density at radius 3 is 2.26 bits per heavy atom. The van der Waals surface area contributed by atoms with Crippen LogP contribution in [0.25, 0.3) is 0 Å². The second-order valence-electron chi connectivity index (χ2n) is 8.11. The van der Waals surface area contributed by atoms with Crippen LogP contribution < -0.4 is 5.32 Å². The van der Waals surface area contributed by atoms with Gasteiger partial charge in [-0.3, -0.25) is 14.5 Å². The Balaban J connectivity index is 1.66. The Labute approximate surface area is 179 Å². The Morgan fingerprint density at radius 2 is 1.68 bits per heavy atom. The third-order valence-corrected chi connectivity index (χ3v) is 5.63. The maximum absolute atomic E-state index is 14.0. The highest BCUT2D eigenvalue weighted by Crippen LogP contribution is 2.46. The number of amides is 2. The van der Waals surface area contributed by atoms with Gasteiger partial charge in [0.25, 0.3) is 5.91 Å². The Kier molecular flexibility index (Phi) is 6.69. The van der Waals surface area contributed by atoms with Crippen molar-refractivity contribution in [1.82, 2.24) is 15.1 Å². The summed E-state index contributed by atoms with van der Waals surface area (Å²) in [7, 11) is 3.27. The lowest BCUT2D eigenvalue weighted by atomic mass is 9.85. The molecule has 1 saturated heterocycles. The standard InChI is InChI=1S/C23H26F3N3O2/c1-28(2)20(30)19-10-8-17(9-11-19)14-27-21(31)22(23(24,25)26)12-13-29(16-22)15-18-6-4-3-5-7-18/h3-11H,12-16H2,1-2H3,(H,27,31). The fourth-order valence-corrected chi connectivity index (χ4v) is 3.79. The van der Waals surface area contributed by atoms with E-state index in [9.17, 15) is 22.8 Å². The molecule has 2 aromatic carbocycles. The fourth-order valence-electron chi connectivity index (χ4n) is 3.79. The molecule has 0 spiro atoms. The van der Waals surface area contributed by atoms with Gasteiger partial charge in [-0.25, -0.2) is 0 Å². The molecule has 0 bridgehead atoms. The molecule has 5 nitrogen and oxygen atoms in total. The molecule has 0 radical (unpaired) electrons. The highest BCUT2D eigenvalue weighted by Gasteiger charge is 2.62. The second kappa shape index (κ2) is 9.09. The summed E-state index contributed by atoms with van der Waals surface area (Å²) in [5.41, 5.74) is -0.421. The molecule has 2 amide bonds. The van der Waals surface area contributed by atoms with Crippen LogP contribution in [0.15, 0.2) is 54.6 Å². The van der Waals surface area contributed by atoms with Gasteiger partial charge in [-0.05, 0) is 36.2 Å². The Morgan fingerprint density at radius 1 is 1.03 bits per heavy atom. The maximum Gasteiger partial charge on any atom is 0.404 e. The summed E-state index contributed by atoms with van der Waals surface area (Å²) in [6.07, 6.45) is -4.92. The first-order valence-electron chi connectivity index (χ1n) is 10.0. The van der Waals surface area contributed by atoms with E-state index in [0.717, 1.165) is 5.56 Å². The topological polar surface area (TPSA) is 52.7 Å². The quantitative estimate of drug-likeness (QED) is 0.759. The fraction of sp³-hybridized carbons (Fsp3) is 0.391. The largest absolute Gasteiger partial charge is 0.404 e. The van der Waals surface area contributed by atoms with Crippen molar-refractivity contribution in [2.24, 2.45) is 5.41 Å². The van der Waals surface area contributed by atoms with Gasteiger partial charge in [-0.15, -0.1) is 0 Å². The molecule has 0 aromatic heterocycles. The first kappa shape index (κ1) is 22.8. The molecule has 2 aromatic rings. The van der Waals surface area contributed by atoms with Gasteiger partial charge in [0.05, 0.1) is 0 Å². The van der Waals surface area contributed by atoms with Crippen molar-refractivity contribution in [2.45, 2.75) is 25.7 Å². The SMILES string of the molecule is CN(C)C(=O)c1ccc(CNC(=O)C2(C(F)(F)F)CCN(Cc3ccccc3)C2)cc1. The first-order chi connectivity index (χ1) is 14.6. The summed E-state index contributed by atoms with van der Waals surface area (Å²) in [5, 5.41) is 2.46. The normalized spacial score (nSPS) is 19.3. The van der Waals surface area contributed by atoms with Crippen LogP contribution in [-0.4, -0.2) is 55.0 Å². The van der Waals surface area contributed by atoms with Crippen molar-refractivity contribution < 1.29 is 22.8 Å². The molecule has 3 rings (SSSR count). The molecule has 1 aliphatic rings. The van der Waals surface area contributed by atoms with E-state index in [2.05, 4.69) is 5.32 Å². The Hall–Kier alpha value is -2.87. The van der Waals surface area contributed by atoms with E-state index in [1.807, 2.05) is 30.3 Å². The van der Waals surface area contributed by atoms with Crippen molar-refractivity contribution in [3.63, 3.8) is 0 Å². The van der Waals surface area contributed by atoms with Gasteiger partial charge < -0.3 is 10.2 Å². The van der Waals surface area contributed by atoms with Gasteiger partial charge in [-0.1, -0.05) is 42.5 Å². The smallest absolute Gasteiger partial charge is 0.351 e. The minimum absolute atomic E-state index is 0.0359. The molecular weight excluding hydrogens is 407 g/mol. The van der Waals surface area contributed by atoms with Crippen molar-refractivity contribution in [1.29, 1.82) is 0 Å². The molecule has 1 unspecified atom stereocenters. The zero-order chi connectivity index (χ0) is 22.6. The maximum atomic E-state index is 14.0. The van der Waals surface area contributed by atoms with Crippen LogP contribution >= 0.6 is 0 Å². The van der Waals surface area contributed by atoms with Crippen molar-refractivity contribution in [2.75, 3.05) is 27.2 Å². The third kappa shape index (κ3) is 5.07. The molecule has 0 aliphatic carbocycles. The lowest BCUT2D eigenvalue weighted by molar-refractivity contribution is -0.218. The number of carbonyl (C=O) groups is 2. The zero-order valence-electron chi connectivity index (χ0n) is 17.6. The minimum Gasteiger partial charge on any atom is -0.351 e. The number of benzene rings is 2. The summed E-state index contributed by atoms with van der Waals surface area (Å²) < 4.78 is 42.0. The summed E-state index contributed by atoms with van der Waals surface area (Å²) in [6, 6.07) is 15.7. The van der Waals surface area contributed by atoms with Gasteiger partial charge in [0.1, 0.15) is 0 Å². The van der Waals surface area contributed by atoms with Crippen LogP contribution in [0.1, 0.15) is 27.9 Å². The molecule has 1 fully saturated rings. The number of likely N-dealkylation sites (tertiary alicyclic amines) is 1. The predicted molar refractivity (Wildman–Crippen MR) is 111 cm³/mol. The number of nitrogens with one attached hydrogen (secondary N) is 1. The molecule has 166 valence electrons. The number of halogens is 3. The lowest BCUT2D eigenvalue weighted by Crippen LogP contribution is -2.52. The molecule has 8 heteroatoms. The van der Waals surface area contributed by atoms with Crippen molar-refractivity contribution in [3.05, 3.63) is 71.3 Å². The van der Waals surface area contributed by atoms with E-state index >= 15 is 0 Å². The predicted octanol–water partition coefficient (Wildman–Crippen LogP) is 3.46. The molecule has 1 heterocycles. The van der Waals surface area contributed by atoms with Gasteiger partial charge in [0, 0.05) is 39.3 Å². The van der Waals surface area contributed by atoms with Crippen LogP contribution in [0.2, 0.25) is 0 Å². The molecule has 0 saturated carbocycles. The summed E-state index contributed by atoms with van der Waals surface area (Å²) in [4.78, 5) is 27.8. The number of hydrogen-bond donors (Lipinski definition) is 1. The molecule has 31 heavy (non-hydrogen) atoms. The Bertz CT molecular complexity index is 914. The van der Waals surface area contributed by atoms with E-state index in [4.69, 9.17) is 0 Å². The van der Waals surface area contributed by atoms with Crippen LogP contribution in [-0.2, 0) is 17.9 Å². The number of carbonyl (C=O) groups excluding carboxylic acids is 2. The van der Waals surface area contributed by atoms with E-state index in [-0.39, 0.29) is 32.0 Å². The van der Waals surface area contributed by atoms with E-state index in [1.54, 1.807) is 43.3 Å². The molecular formula is C23H26F3N3O2. The van der Waals surface area contributed by atoms with Crippen molar-refractivity contribution >= 4 is 11.8 Å². The number of hydrogen-bond acceptors (Lipinski definition) is 3. The van der Waals surface area contributed by atoms with E-state index in [1.165, 1.54) is 4.90 Å². The van der Waals surface area contributed by atoms with E-state index in [0.29, 0.717) is 17.7 Å². The van der Waals surface area contributed by atoms with Gasteiger partial charge >= 0.3 is 6.18 Å². The van der Waals surface area contributed by atoms with Gasteiger partial charge in [0.15, 0.2) is 5.41 Å². The van der Waals surface area contributed by atoms with Crippen LogP contribution in [0.4, 0.5) is 13.2 Å². The summed E-state index contributed by atoms with van der Waals surface area (Å²) in [5.74, 6) is -1.18. The van der Waals surface area contributed by atoms with Gasteiger partial charge in [-0.2, -0.15) is 13.2 Å². The molecule has 1 atom stereocenters. The molecule has 1 N–H and O–H groups in total. The third-order valence-electron chi connectivity index (χ3n) is 5.63. The van der Waals surface area contributed by atoms with Crippen LogP contribution in [0.3, 0.4) is 0 Å². The van der Waals surface area contributed by atoms with Gasteiger partial charge in [0.2, 0.25) is 5.91 Å². The van der Waals surface area contributed by atoms with Crippen LogP contribution in [0.5, 0.6) is 0 Å². The average molecular weight is 433 g/mol. The summed E-state index contributed by atoms with van der Waals surface area (Å²) >= 11 is 0. The van der Waals surface area contributed by atoms with Crippen molar-refractivity contribution in [3.8, 4) is 0 Å².